The average molecular weight is 894 g/mol. The van der Waals surface area contributed by atoms with E-state index in [9.17, 15) is 10.1 Å². The average Bonchev–Trinajstić information content (AvgIpc) is 3.36. The van der Waals surface area contributed by atoms with Gasteiger partial charge >= 0.3 is 5.70 Å². The smallest absolute Gasteiger partial charge is 0.311 e. The summed E-state index contributed by atoms with van der Waals surface area (Å²) in [4.78, 5) is 12.3. The molecular weight excluding hydrogens is 839 g/mol. The van der Waals surface area contributed by atoms with Crippen molar-refractivity contribution in [2.45, 2.75) is 88.7 Å². The molecule has 6 aromatic carbocycles. The highest BCUT2D eigenvalue weighted by atomic mass is 16.7. The lowest BCUT2D eigenvalue weighted by Crippen LogP contribution is -2.63. The SMILES string of the molecule is O=[N+]([O-])C1=CO[C@H](COCc2ccccc2)[C@@H](O[C@H]2O[C@H](COCc3ccccc3)[C@@H](OCc3ccccc3)[C@H](OCc3ccccc3)[C@H]2OCc2ccccc2)[C@@H]1OCc1ccccc1. The van der Waals surface area contributed by atoms with Gasteiger partial charge in [0.2, 0.25) is 0 Å². The molecule has 0 amide bonds. The molecule has 1 fully saturated rings. The van der Waals surface area contributed by atoms with Gasteiger partial charge in [-0.25, -0.2) is 0 Å². The first kappa shape index (κ1) is 46.5. The summed E-state index contributed by atoms with van der Waals surface area (Å²) < 4.78 is 60.1. The second-order valence-electron chi connectivity index (χ2n) is 16.1. The molecule has 8 atom stereocenters. The van der Waals surface area contributed by atoms with E-state index in [1.807, 2.05) is 182 Å². The van der Waals surface area contributed by atoms with Gasteiger partial charge in [0.15, 0.2) is 24.8 Å². The first-order chi connectivity index (χ1) is 32.6. The van der Waals surface area contributed by atoms with Crippen LogP contribution in [0.1, 0.15) is 33.4 Å². The maximum atomic E-state index is 12.8. The van der Waals surface area contributed by atoms with E-state index in [1.54, 1.807) is 0 Å². The van der Waals surface area contributed by atoms with E-state index in [0.717, 1.165) is 39.6 Å². The monoisotopic (exact) mass is 893 g/mol. The lowest BCUT2D eigenvalue weighted by atomic mass is 9.97. The zero-order chi connectivity index (χ0) is 45.2. The van der Waals surface area contributed by atoms with Crippen LogP contribution in [0.3, 0.4) is 0 Å². The van der Waals surface area contributed by atoms with Gasteiger partial charge in [0.05, 0.1) is 57.8 Å². The van der Waals surface area contributed by atoms with Crippen molar-refractivity contribution in [1.82, 2.24) is 0 Å². The molecule has 2 aliphatic heterocycles. The third-order valence-electron chi connectivity index (χ3n) is 11.3. The summed E-state index contributed by atoms with van der Waals surface area (Å²) in [6, 6.07) is 58.6. The molecule has 0 spiro atoms. The van der Waals surface area contributed by atoms with E-state index in [2.05, 4.69) is 0 Å². The molecule has 0 aliphatic carbocycles. The normalized spacial score (nSPS) is 22.8. The van der Waals surface area contributed by atoms with Crippen molar-refractivity contribution in [1.29, 1.82) is 0 Å². The Morgan fingerprint density at radius 2 is 0.788 bits per heavy atom. The van der Waals surface area contributed by atoms with Gasteiger partial charge in [-0.15, -0.1) is 0 Å². The van der Waals surface area contributed by atoms with Crippen LogP contribution in [0.25, 0.3) is 0 Å². The van der Waals surface area contributed by atoms with E-state index in [0.29, 0.717) is 6.61 Å². The molecule has 1 saturated heterocycles. The molecule has 8 rings (SSSR count). The molecule has 6 aromatic rings. The van der Waals surface area contributed by atoms with E-state index >= 15 is 0 Å². The highest BCUT2D eigenvalue weighted by Crippen LogP contribution is 2.35. The lowest BCUT2D eigenvalue weighted by Gasteiger charge is -2.47. The molecule has 0 N–H and O–H groups in total. The minimum absolute atomic E-state index is 0.00880. The Morgan fingerprint density at radius 1 is 0.424 bits per heavy atom. The fourth-order valence-electron chi connectivity index (χ4n) is 7.92. The number of hydrogen-bond donors (Lipinski definition) is 0. The highest BCUT2D eigenvalue weighted by Gasteiger charge is 2.53. The first-order valence-corrected chi connectivity index (χ1v) is 22.2. The van der Waals surface area contributed by atoms with E-state index in [4.69, 9.17) is 42.6 Å². The van der Waals surface area contributed by atoms with Gasteiger partial charge in [-0.05, 0) is 33.4 Å². The molecule has 12 nitrogen and oxygen atoms in total. The molecule has 66 heavy (non-hydrogen) atoms. The third-order valence-corrected chi connectivity index (χ3v) is 11.3. The van der Waals surface area contributed by atoms with Crippen LogP contribution in [-0.4, -0.2) is 67.2 Å². The van der Waals surface area contributed by atoms with Gasteiger partial charge in [-0.3, -0.25) is 10.1 Å². The van der Waals surface area contributed by atoms with Crippen molar-refractivity contribution in [3.63, 3.8) is 0 Å². The molecule has 0 aromatic heterocycles. The minimum Gasteiger partial charge on any atom is -0.486 e. The van der Waals surface area contributed by atoms with Gasteiger partial charge in [0, 0.05) is 0 Å². The summed E-state index contributed by atoms with van der Waals surface area (Å²) in [6.45, 7) is 1.36. The predicted octanol–water partition coefficient (Wildman–Crippen LogP) is 9.39. The number of hydrogen-bond acceptors (Lipinski definition) is 11. The standard InChI is InChI=1S/C54H55NO11/c56-55(57)46-37-60-47(38-58-31-40-19-7-1-8-20-40)51(49(46)61-33-42-23-11-3-12-24-42)66-54-53(64-36-45-29-17-6-18-30-45)52(63-35-44-27-15-5-16-28-44)50(62-34-43-25-13-4-14-26-43)48(65-54)39-59-32-41-21-9-2-10-22-41/h1-30,37,47-54H,31-36,38-39H2/t47-,48-,49-,50-,51-,52+,53-,54-/m1/s1. The van der Waals surface area contributed by atoms with Gasteiger partial charge in [0.1, 0.15) is 30.5 Å². The lowest BCUT2D eigenvalue weighted by molar-refractivity contribution is -0.450. The largest absolute Gasteiger partial charge is 0.486 e. The number of rotatable bonds is 23. The minimum atomic E-state index is -1.22. The summed E-state index contributed by atoms with van der Waals surface area (Å²) in [6.07, 6.45) is -6.58. The van der Waals surface area contributed by atoms with Crippen LogP contribution in [0.15, 0.2) is 194 Å². The van der Waals surface area contributed by atoms with Crippen LogP contribution in [0, 0.1) is 10.1 Å². The van der Waals surface area contributed by atoms with Crippen LogP contribution in [-0.2, 0) is 82.3 Å². The van der Waals surface area contributed by atoms with Crippen LogP contribution < -0.4 is 0 Å². The maximum Gasteiger partial charge on any atom is 0.311 e. The fourth-order valence-corrected chi connectivity index (χ4v) is 7.92. The Hall–Kier alpha value is -6.06. The summed E-state index contributed by atoms with van der Waals surface area (Å²) in [7, 11) is 0. The van der Waals surface area contributed by atoms with Crippen molar-refractivity contribution >= 4 is 0 Å². The van der Waals surface area contributed by atoms with Crippen molar-refractivity contribution in [2.75, 3.05) is 13.2 Å². The quantitative estimate of drug-likeness (QED) is 0.0451. The molecule has 0 bridgehead atoms. The molecule has 12 heteroatoms. The first-order valence-electron chi connectivity index (χ1n) is 22.2. The fraction of sp³-hybridized carbons (Fsp3) is 0.296. The van der Waals surface area contributed by atoms with E-state index in [-0.39, 0.29) is 51.9 Å². The second kappa shape index (κ2) is 24.5. The highest BCUT2D eigenvalue weighted by molar-refractivity contribution is 5.18. The van der Waals surface area contributed by atoms with Crippen molar-refractivity contribution < 1.29 is 47.6 Å². The van der Waals surface area contributed by atoms with Crippen molar-refractivity contribution in [3.8, 4) is 0 Å². The van der Waals surface area contributed by atoms with Gasteiger partial charge in [-0.1, -0.05) is 182 Å². The predicted molar refractivity (Wildman–Crippen MR) is 246 cm³/mol. The Morgan fingerprint density at radius 3 is 1.21 bits per heavy atom. The summed E-state index contributed by atoms with van der Waals surface area (Å²) >= 11 is 0. The Kier molecular flexibility index (Phi) is 17.2. The van der Waals surface area contributed by atoms with Crippen LogP contribution in [0.4, 0.5) is 0 Å². The zero-order valence-corrected chi connectivity index (χ0v) is 36.6. The molecule has 2 aliphatic rings. The van der Waals surface area contributed by atoms with Crippen LogP contribution >= 0.6 is 0 Å². The molecule has 342 valence electrons. The number of nitro groups is 1. The third kappa shape index (κ3) is 13.3. The molecule has 0 saturated carbocycles. The molecule has 2 heterocycles. The van der Waals surface area contributed by atoms with Gasteiger partial charge in [-0.2, -0.15) is 0 Å². The number of benzene rings is 6. The summed E-state index contributed by atoms with van der Waals surface area (Å²) in [5.41, 5.74) is 5.25. The maximum absolute atomic E-state index is 12.8. The van der Waals surface area contributed by atoms with E-state index < -0.39 is 53.9 Å². The number of nitrogens with zero attached hydrogens (tertiary/aromatic N) is 1. The Labute approximate surface area is 385 Å². The topological polar surface area (TPSA) is 126 Å². The Bertz CT molecular complexity index is 2340. The second-order valence-corrected chi connectivity index (χ2v) is 16.1. The number of ether oxygens (including phenoxy) is 9. The molecule has 0 unspecified atom stereocenters. The van der Waals surface area contributed by atoms with Crippen LogP contribution in [0.5, 0.6) is 0 Å². The Balaban J connectivity index is 1.16. The van der Waals surface area contributed by atoms with Crippen LogP contribution in [0.2, 0.25) is 0 Å². The van der Waals surface area contributed by atoms with Crippen molar-refractivity contribution in [2.24, 2.45) is 0 Å². The molecular formula is C54H55NO11. The van der Waals surface area contributed by atoms with Gasteiger partial charge in [0.25, 0.3) is 0 Å². The zero-order valence-electron chi connectivity index (χ0n) is 36.6. The van der Waals surface area contributed by atoms with Crippen molar-refractivity contribution in [3.05, 3.63) is 237 Å². The van der Waals surface area contributed by atoms with Gasteiger partial charge < -0.3 is 42.6 Å². The summed E-state index contributed by atoms with van der Waals surface area (Å²) in [5, 5.41) is 12.8. The summed E-state index contributed by atoms with van der Waals surface area (Å²) in [5.74, 6) is 0. The molecule has 0 radical (unpaired) electrons. The van der Waals surface area contributed by atoms with E-state index in [1.165, 1.54) is 0 Å².